The number of hydrogen-bond acceptors (Lipinski definition) is 7. The number of rotatable bonds is 6. The highest BCUT2D eigenvalue weighted by molar-refractivity contribution is 7.99. The van der Waals surface area contributed by atoms with Gasteiger partial charge in [-0.1, -0.05) is 11.8 Å². The van der Waals surface area contributed by atoms with Crippen LogP contribution in [0.25, 0.3) is 0 Å². The SMILES string of the molecule is NC(=O)C1CCN(C(=O)CSc2nnnn2C[C@@H]2CCCO2)CC1. The van der Waals surface area contributed by atoms with Crippen molar-refractivity contribution in [1.29, 1.82) is 0 Å². The van der Waals surface area contributed by atoms with Gasteiger partial charge in [0.1, 0.15) is 0 Å². The van der Waals surface area contributed by atoms with Gasteiger partial charge in [-0.25, -0.2) is 4.68 Å². The molecule has 0 bridgehead atoms. The number of nitrogens with two attached hydrogens (primary N) is 1. The highest BCUT2D eigenvalue weighted by atomic mass is 32.2. The van der Waals surface area contributed by atoms with Crippen LogP contribution < -0.4 is 5.73 Å². The lowest BCUT2D eigenvalue weighted by atomic mass is 9.96. The van der Waals surface area contributed by atoms with Crippen LogP contribution in [-0.2, 0) is 20.9 Å². The first-order valence-electron chi connectivity index (χ1n) is 8.21. The molecule has 10 heteroatoms. The number of primary amides is 1. The van der Waals surface area contributed by atoms with E-state index in [4.69, 9.17) is 10.5 Å². The normalized spacial score (nSPS) is 22.0. The molecule has 3 rings (SSSR count). The minimum Gasteiger partial charge on any atom is -0.376 e. The van der Waals surface area contributed by atoms with Gasteiger partial charge in [-0.3, -0.25) is 9.59 Å². The van der Waals surface area contributed by atoms with Crippen LogP contribution in [0.4, 0.5) is 0 Å². The van der Waals surface area contributed by atoms with Crippen molar-refractivity contribution in [3.05, 3.63) is 0 Å². The number of hydrogen-bond donors (Lipinski definition) is 1. The van der Waals surface area contributed by atoms with E-state index >= 15 is 0 Å². The van der Waals surface area contributed by atoms with Crippen molar-refractivity contribution in [2.45, 2.75) is 43.5 Å². The minimum absolute atomic E-state index is 0.0367. The van der Waals surface area contributed by atoms with Crippen molar-refractivity contribution < 1.29 is 14.3 Å². The molecule has 2 aliphatic heterocycles. The summed E-state index contributed by atoms with van der Waals surface area (Å²) in [4.78, 5) is 25.3. The second-order valence-electron chi connectivity index (χ2n) is 6.12. The molecule has 2 aliphatic rings. The quantitative estimate of drug-likeness (QED) is 0.695. The first-order valence-corrected chi connectivity index (χ1v) is 9.19. The van der Waals surface area contributed by atoms with Crippen molar-refractivity contribution in [1.82, 2.24) is 25.1 Å². The smallest absolute Gasteiger partial charge is 0.233 e. The summed E-state index contributed by atoms with van der Waals surface area (Å²) in [7, 11) is 0. The second kappa shape index (κ2) is 7.93. The summed E-state index contributed by atoms with van der Waals surface area (Å²) < 4.78 is 7.29. The number of carbonyl (C=O) groups excluding carboxylic acids is 2. The molecule has 2 saturated heterocycles. The number of thioether (sulfide) groups is 1. The molecule has 2 amide bonds. The van der Waals surface area contributed by atoms with Crippen molar-refractivity contribution >= 4 is 23.6 Å². The summed E-state index contributed by atoms with van der Waals surface area (Å²) >= 11 is 1.33. The Bertz CT molecular complexity index is 581. The summed E-state index contributed by atoms with van der Waals surface area (Å²) in [5.41, 5.74) is 5.31. The first kappa shape index (κ1) is 17.2. The average Bonchev–Trinajstić information content (AvgIpc) is 3.25. The fraction of sp³-hybridized carbons (Fsp3) is 0.786. The second-order valence-corrected chi connectivity index (χ2v) is 7.07. The van der Waals surface area contributed by atoms with Gasteiger partial charge in [0.15, 0.2) is 0 Å². The number of nitrogens with zero attached hydrogens (tertiary/aromatic N) is 5. The van der Waals surface area contributed by atoms with Crippen LogP contribution in [-0.4, -0.2) is 68.5 Å². The molecule has 132 valence electrons. The maximum atomic E-state index is 12.3. The molecule has 1 aromatic heterocycles. The lowest BCUT2D eigenvalue weighted by molar-refractivity contribution is -0.132. The molecule has 0 unspecified atom stereocenters. The van der Waals surface area contributed by atoms with Crippen LogP contribution in [0.1, 0.15) is 25.7 Å². The van der Waals surface area contributed by atoms with Gasteiger partial charge in [0.2, 0.25) is 17.0 Å². The fourth-order valence-electron chi connectivity index (χ4n) is 3.03. The van der Waals surface area contributed by atoms with E-state index in [1.54, 1.807) is 9.58 Å². The van der Waals surface area contributed by atoms with Gasteiger partial charge in [0.25, 0.3) is 0 Å². The Labute approximate surface area is 144 Å². The van der Waals surface area contributed by atoms with E-state index in [0.29, 0.717) is 37.6 Å². The topological polar surface area (TPSA) is 116 Å². The minimum atomic E-state index is -0.273. The zero-order valence-electron chi connectivity index (χ0n) is 13.5. The average molecular weight is 354 g/mol. The van der Waals surface area contributed by atoms with E-state index in [-0.39, 0.29) is 29.6 Å². The van der Waals surface area contributed by atoms with E-state index < -0.39 is 0 Å². The molecule has 3 heterocycles. The highest BCUT2D eigenvalue weighted by Crippen LogP contribution is 2.21. The van der Waals surface area contributed by atoms with Crippen LogP contribution in [0.15, 0.2) is 5.16 Å². The number of likely N-dealkylation sites (tertiary alicyclic amines) is 1. The Hall–Kier alpha value is -1.68. The molecule has 1 atom stereocenters. The van der Waals surface area contributed by atoms with Crippen LogP contribution in [0.2, 0.25) is 0 Å². The number of amides is 2. The number of ether oxygens (including phenoxy) is 1. The van der Waals surface area contributed by atoms with Crippen molar-refractivity contribution in [3.63, 3.8) is 0 Å². The number of carbonyl (C=O) groups is 2. The number of tetrazole rings is 1. The van der Waals surface area contributed by atoms with Crippen LogP contribution in [0, 0.1) is 5.92 Å². The van der Waals surface area contributed by atoms with Gasteiger partial charge in [-0.2, -0.15) is 0 Å². The Morgan fingerprint density at radius 1 is 1.29 bits per heavy atom. The third kappa shape index (κ3) is 4.23. The number of aromatic nitrogens is 4. The summed E-state index contributed by atoms with van der Waals surface area (Å²) in [6, 6.07) is 0. The van der Waals surface area contributed by atoms with Gasteiger partial charge in [-0.15, -0.1) is 5.10 Å². The molecular weight excluding hydrogens is 332 g/mol. The van der Waals surface area contributed by atoms with Gasteiger partial charge in [0.05, 0.1) is 18.4 Å². The Balaban J connectivity index is 1.46. The van der Waals surface area contributed by atoms with Gasteiger partial charge in [-0.05, 0) is 36.1 Å². The molecule has 0 spiro atoms. The van der Waals surface area contributed by atoms with Crippen LogP contribution >= 0.6 is 11.8 Å². The largest absolute Gasteiger partial charge is 0.376 e. The van der Waals surface area contributed by atoms with Crippen LogP contribution in [0.5, 0.6) is 0 Å². The lowest BCUT2D eigenvalue weighted by Crippen LogP contribution is -2.42. The Kier molecular flexibility index (Phi) is 5.67. The van der Waals surface area contributed by atoms with Crippen molar-refractivity contribution in [2.24, 2.45) is 11.7 Å². The standard InChI is InChI=1S/C14H22N6O3S/c15-13(22)10-3-5-19(6-4-10)12(21)9-24-14-16-17-18-20(14)8-11-2-1-7-23-11/h10-11H,1-9H2,(H2,15,22)/t11-/m0/s1. The summed E-state index contributed by atoms with van der Waals surface area (Å²) in [5, 5.41) is 12.3. The predicted molar refractivity (Wildman–Crippen MR) is 86.0 cm³/mol. The third-order valence-electron chi connectivity index (χ3n) is 4.47. The van der Waals surface area contributed by atoms with E-state index in [2.05, 4.69) is 15.5 Å². The fourth-order valence-corrected chi connectivity index (χ4v) is 3.82. The zero-order valence-corrected chi connectivity index (χ0v) is 14.3. The molecule has 24 heavy (non-hydrogen) atoms. The summed E-state index contributed by atoms with van der Waals surface area (Å²) in [6.07, 6.45) is 3.51. The van der Waals surface area contributed by atoms with E-state index in [1.807, 2.05) is 0 Å². The molecule has 0 aliphatic carbocycles. The molecule has 2 fully saturated rings. The molecule has 0 radical (unpaired) electrons. The lowest BCUT2D eigenvalue weighted by Gasteiger charge is -2.30. The summed E-state index contributed by atoms with van der Waals surface area (Å²) in [6.45, 7) is 2.56. The Morgan fingerprint density at radius 3 is 2.75 bits per heavy atom. The van der Waals surface area contributed by atoms with Gasteiger partial charge >= 0.3 is 0 Å². The Morgan fingerprint density at radius 2 is 2.08 bits per heavy atom. The highest BCUT2D eigenvalue weighted by Gasteiger charge is 2.26. The molecule has 1 aromatic rings. The first-order chi connectivity index (χ1) is 11.6. The summed E-state index contributed by atoms with van der Waals surface area (Å²) in [5.74, 6) is -0.0626. The molecule has 2 N–H and O–H groups in total. The van der Waals surface area contributed by atoms with E-state index in [0.717, 1.165) is 19.4 Å². The monoisotopic (exact) mass is 354 g/mol. The number of piperidine rings is 1. The maximum absolute atomic E-state index is 12.3. The maximum Gasteiger partial charge on any atom is 0.233 e. The van der Waals surface area contributed by atoms with E-state index in [1.165, 1.54) is 11.8 Å². The molecular formula is C14H22N6O3S. The van der Waals surface area contributed by atoms with Gasteiger partial charge in [0, 0.05) is 25.6 Å². The van der Waals surface area contributed by atoms with Crippen molar-refractivity contribution in [3.8, 4) is 0 Å². The molecule has 9 nitrogen and oxygen atoms in total. The van der Waals surface area contributed by atoms with E-state index in [9.17, 15) is 9.59 Å². The molecule has 0 aromatic carbocycles. The van der Waals surface area contributed by atoms with Gasteiger partial charge < -0.3 is 15.4 Å². The van der Waals surface area contributed by atoms with Crippen LogP contribution in [0.3, 0.4) is 0 Å². The molecule has 0 saturated carbocycles. The zero-order chi connectivity index (χ0) is 16.9. The van der Waals surface area contributed by atoms with Crippen molar-refractivity contribution in [2.75, 3.05) is 25.4 Å². The third-order valence-corrected chi connectivity index (χ3v) is 5.42. The predicted octanol–water partition coefficient (Wildman–Crippen LogP) is -0.332.